The van der Waals surface area contributed by atoms with E-state index < -0.39 is 11.5 Å². The second-order valence-electron chi connectivity index (χ2n) is 6.40. The van der Waals surface area contributed by atoms with Gasteiger partial charge in [-0.1, -0.05) is 13.8 Å². The number of carbonyl (C=O) groups excluding carboxylic acids is 1. The maximum atomic E-state index is 12.5. The van der Waals surface area contributed by atoms with Crippen LogP contribution in [-0.4, -0.2) is 43.9 Å². The molecule has 0 aliphatic rings. The Kier molecular flexibility index (Phi) is 7.09. The number of benzene rings is 1. The van der Waals surface area contributed by atoms with Gasteiger partial charge in [0.15, 0.2) is 11.5 Å². The molecule has 1 aromatic rings. The van der Waals surface area contributed by atoms with E-state index in [2.05, 4.69) is 5.32 Å². The number of nitrogens with one attached hydrogen (secondary N) is 1. The zero-order valence-electron chi connectivity index (χ0n) is 15.6. The van der Waals surface area contributed by atoms with E-state index in [0.717, 1.165) is 0 Å². The van der Waals surface area contributed by atoms with Crippen LogP contribution in [0.1, 0.15) is 32.8 Å². The number of methoxy groups -OCH3 is 3. The predicted octanol–water partition coefficient (Wildman–Crippen LogP) is 2.26. The molecule has 7 nitrogen and oxygen atoms in total. The van der Waals surface area contributed by atoms with Crippen molar-refractivity contribution in [2.24, 2.45) is 5.92 Å². The molecular formula is C18H27NO6. The zero-order chi connectivity index (χ0) is 19.2. The molecular weight excluding hydrogens is 326 g/mol. The van der Waals surface area contributed by atoms with Crippen LogP contribution in [0, 0.1) is 5.92 Å². The fourth-order valence-electron chi connectivity index (χ4n) is 2.49. The third kappa shape index (κ3) is 5.27. The van der Waals surface area contributed by atoms with E-state index in [1.807, 2.05) is 13.8 Å². The molecule has 0 spiro atoms. The van der Waals surface area contributed by atoms with Gasteiger partial charge in [0.2, 0.25) is 11.7 Å². The van der Waals surface area contributed by atoms with Crippen molar-refractivity contribution in [1.29, 1.82) is 0 Å². The average molecular weight is 353 g/mol. The number of rotatable bonds is 9. The lowest BCUT2D eigenvalue weighted by Gasteiger charge is -2.33. The van der Waals surface area contributed by atoms with Crippen LogP contribution in [0.2, 0.25) is 0 Å². The highest BCUT2D eigenvalue weighted by Gasteiger charge is 2.32. The van der Waals surface area contributed by atoms with Crippen LogP contribution in [0.3, 0.4) is 0 Å². The van der Waals surface area contributed by atoms with Crippen LogP contribution in [0.4, 0.5) is 0 Å². The Bertz CT molecular complexity index is 603. The highest BCUT2D eigenvalue weighted by molar-refractivity contribution is 5.81. The van der Waals surface area contributed by atoms with Gasteiger partial charge in [0.25, 0.3) is 0 Å². The molecule has 0 saturated heterocycles. The first-order chi connectivity index (χ1) is 11.7. The van der Waals surface area contributed by atoms with E-state index >= 15 is 0 Å². The Hall–Kier alpha value is -2.44. The van der Waals surface area contributed by atoms with Crippen molar-refractivity contribution in [3.63, 3.8) is 0 Å². The summed E-state index contributed by atoms with van der Waals surface area (Å²) in [5.74, 6) is 0.110. The number of carbonyl (C=O) groups is 2. The van der Waals surface area contributed by atoms with Gasteiger partial charge in [-0.15, -0.1) is 0 Å². The Labute approximate surface area is 148 Å². The van der Waals surface area contributed by atoms with Crippen LogP contribution in [0.5, 0.6) is 17.2 Å². The number of hydrogen-bond donors (Lipinski definition) is 2. The van der Waals surface area contributed by atoms with E-state index in [-0.39, 0.29) is 24.7 Å². The second kappa shape index (κ2) is 8.60. The number of amides is 1. The first-order valence-corrected chi connectivity index (χ1v) is 7.98. The molecule has 2 N–H and O–H groups in total. The highest BCUT2D eigenvalue weighted by atomic mass is 16.5. The SMILES string of the molecule is COc1cc(CC(=O)NC(C)(CC(=O)O)C(C)C)cc(OC)c1OC. The number of carboxylic acids is 1. The van der Waals surface area contributed by atoms with Crippen molar-refractivity contribution in [3.05, 3.63) is 17.7 Å². The minimum atomic E-state index is -0.954. The summed E-state index contributed by atoms with van der Waals surface area (Å²) in [6, 6.07) is 3.40. The predicted molar refractivity (Wildman–Crippen MR) is 93.4 cm³/mol. The lowest BCUT2D eigenvalue weighted by Crippen LogP contribution is -2.51. The summed E-state index contributed by atoms with van der Waals surface area (Å²) in [6.07, 6.45) is -0.0791. The van der Waals surface area contributed by atoms with Crippen molar-refractivity contribution in [2.45, 2.75) is 39.2 Å². The van der Waals surface area contributed by atoms with Crippen molar-refractivity contribution in [2.75, 3.05) is 21.3 Å². The first-order valence-electron chi connectivity index (χ1n) is 7.98. The minimum Gasteiger partial charge on any atom is -0.493 e. The molecule has 0 bridgehead atoms. The Morgan fingerprint density at radius 2 is 1.64 bits per heavy atom. The zero-order valence-corrected chi connectivity index (χ0v) is 15.6. The molecule has 1 aromatic carbocycles. The van der Waals surface area contributed by atoms with Crippen molar-refractivity contribution in [3.8, 4) is 17.2 Å². The molecule has 7 heteroatoms. The van der Waals surface area contributed by atoms with Gasteiger partial charge in [-0.05, 0) is 30.5 Å². The third-order valence-corrected chi connectivity index (χ3v) is 4.31. The van der Waals surface area contributed by atoms with Gasteiger partial charge >= 0.3 is 5.97 Å². The summed E-state index contributed by atoms with van der Waals surface area (Å²) in [4.78, 5) is 23.5. The fraction of sp³-hybridized carbons (Fsp3) is 0.556. The van der Waals surface area contributed by atoms with Crippen LogP contribution >= 0.6 is 0 Å². The topological polar surface area (TPSA) is 94.1 Å². The molecule has 0 radical (unpaired) electrons. The number of hydrogen-bond acceptors (Lipinski definition) is 5. The normalized spacial score (nSPS) is 13.1. The molecule has 1 amide bonds. The molecule has 1 rings (SSSR count). The molecule has 140 valence electrons. The summed E-state index contributed by atoms with van der Waals surface area (Å²) in [6.45, 7) is 5.49. The van der Waals surface area contributed by atoms with Gasteiger partial charge < -0.3 is 24.6 Å². The number of aliphatic carboxylic acids is 1. The fourth-order valence-corrected chi connectivity index (χ4v) is 2.49. The lowest BCUT2D eigenvalue weighted by atomic mass is 9.85. The molecule has 25 heavy (non-hydrogen) atoms. The van der Waals surface area contributed by atoms with Crippen LogP contribution in [0.15, 0.2) is 12.1 Å². The standard InChI is InChI=1S/C18H27NO6/c1-11(2)18(3,10-16(21)22)19-15(20)9-12-7-13(23-4)17(25-6)14(8-12)24-5/h7-8,11H,9-10H2,1-6H3,(H,19,20)(H,21,22). The van der Waals surface area contributed by atoms with Gasteiger partial charge in [0.05, 0.1) is 34.2 Å². The molecule has 0 aliphatic heterocycles. The molecule has 1 atom stereocenters. The Morgan fingerprint density at radius 1 is 1.12 bits per heavy atom. The number of ether oxygens (including phenoxy) is 3. The van der Waals surface area contributed by atoms with Crippen LogP contribution in [0.25, 0.3) is 0 Å². The van der Waals surface area contributed by atoms with Gasteiger partial charge in [-0.25, -0.2) is 0 Å². The van der Waals surface area contributed by atoms with Gasteiger partial charge in [-0.3, -0.25) is 9.59 Å². The van der Waals surface area contributed by atoms with Gasteiger partial charge in [0.1, 0.15) is 0 Å². The average Bonchev–Trinajstić information content (AvgIpc) is 2.52. The molecule has 1 unspecified atom stereocenters. The first kappa shape index (κ1) is 20.6. The number of carboxylic acid groups (broad SMARTS) is 1. The largest absolute Gasteiger partial charge is 0.493 e. The molecule has 0 saturated carbocycles. The summed E-state index contributed by atoms with van der Waals surface area (Å²) in [5.41, 5.74) is -0.155. The van der Waals surface area contributed by atoms with E-state index in [1.54, 1.807) is 19.1 Å². The smallest absolute Gasteiger partial charge is 0.305 e. The van der Waals surface area contributed by atoms with Crippen LogP contribution < -0.4 is 19.5 Å². The minimum absolute atomic E-state index is 0.0347. The second-order valence-corrected chi connectivity index (χ2v) is 6.40. The molecule has 0 fully saturated rings. The van der Waals surface area contributed by atoms with Gasteiger partial charge in [-0.2, -0.15) is 0 Å². The summed E-state index contributed by atoms with van der Waals surface area (Å²) in [7, 11) is 4.51. The van der Waals surface area contributed by atoms with Gasteiger partial charge in [0, 0.05) is 5.54 Å². The monoisotopic (exact) mass is 353 g/mol. The molecule has 0 aliphatic carbocycles. The quantitative estimate of drug-likeness (QED) is 0.707. The van der Waals surface area contributed by atoms with E-state index in [1.165, 1.54) is 21.3 Å². The Morgan fingerprint density at radius 3 is 2.00 bits per heavy atom. The van der Waals surface area contributed by atoms with Crippen molar-refractivity contribution < 1.29 is 28.9 Å². The molecule has 0 heterocycles. The summed E-state index contributed by atoms with van der Waals surface area (Å²) in [5, 5.41) is 11.9. The van der Waals surface area contributed by atoms with Crippen LogP contribution in [-0.2, 0) is 16.0 Å². The maximum Gasteiger partial charge on any atom is 0.305 e. The van der Waals surface area contributed by atoms with E-state index in [9.17, 15) is 9.59 Å². The van der Waals surface area contributed by atoms with Crippen molar-refractivity contribution in [1.82, 2.24) is 5.32 Å². The van der Waals surface area contributed by atoms with E-state index in [4.69, 9.17) is 19.3 Å². The highest BCUT2D eigenvalue weighted by Crippen LogP contribution is 2.38. The maximum absolute atomic E-state index is 12.5. The lowest BCUT2D eigenvalue weighted by molar-refractivity contribution is -0.139. The summed E-state index contributed by atoms with van der Waals surface area (Å²) >= 11 is 0. The van der Waals surface area contributed by atoms with Crippen molar-refractivity contribution >= 4 is 11.9 Å². The van der Waals surface area contributed by atoms with E-state index in [0.29, 0.717) is 22.8 Å². The Balaban J connectivity index is 3.01. The third-order valence-electron chi connectivity index (χ3n) is 4.31. The summed E-state index contributed by atoms with van der Waals surface area (Å²) < 4.78 is 15.8. The molecule has 0 aromatic heterocycles.